The van der Waals surface area contributed by atoms with Crippen molar-refractivity contribution in [3.63, 3.8) is 0 Å². The van der Waals surface area contributed by atoms with Crippen molar-refractivity contribution in [1.82, 2.24) is 19.9 Å². The normalized spacial score (nSPS) is 10.8. The molecule has 0 saturated heterocycles. The number of nitrogens with two attached hydrogens (primary N) is 1. The van der Waals surface area contributed by atoms with Crippen molar-refractivity contribution >= 4 is 16.7 Å². The molecule has 0 saturated carbocycles. The first kappa shape index (κ1) is 8.84. The van der Waals surface area contributed by atoms with Crippen LogP contribution in [-0.2, 0) is 0 Å². The third-order valence-corrected chi connectivity index (χ3v) is 2.31. The number of nitrogen functional groups attached to an aromatic ring is 1. The molecule has 0 amide bonds. The molecular formula is C11H9N5. The standard InChI is InChI=1S/C11H9N5/c12-7-1-2-8-9(5-7)15-6-10(16-8)11-13-3-4-14-11/h1-6H,12H2,(H,13,14). The lowest BCUT2D eigenvalue weighted by atomic mass is 10.2. The summed E-state index contributed by atoms with van der Waals surface area (Å²) in [5, 5.41) is 0. The number of nitrogens with zero attached hydrogens (tertiary/aromatic N) is 3. The number of nitrogens with one attached hydrogen (secondary N) is 1. The zero-order valence-corrected chi connectivity index (χ0v) is 8.38. The van der Waals surface area contributed by atoms with E-state index in [1.165, 1.54) is 0 Å². The Hall–Kier alpha value is -2.43. The predicted octanol–water partition coefficient (Wildman–Crippen LogP) is 1.60. The van der Waals surface area contributed by atoms with Gasteiger partial charge >= 0.3 is 0 Å². The van der Waals surface area contributed by atoms with Gasteiger partial charge in [0.1, 0.15) is 5.69 Å². The average Bonchev–Trinajstić information content (AvgIpc) is 2.82. The molecule has 3 rings (SSSR count). The molecule has 2 heterocycles. The zero-order chi connectivity index (χ0) is 11.0. The minimum atomic E-state index is 0.688. The molecule has 0 fully saturated rings. The van der Waals surface area contributed by atoms with Gasteiger partial charge in [-0.05, 0) is 18.2 Å². The number of imidazole rings is 1. The van der Waals surface area contributed by atoms with Crippen LogP contribution in [0.2, 0.25) is 0 Å². The van der Waals surface area contributed by atoms with Crippen molar-refractivity contribution in [3.05, 3.63) is 36.8 Å². The molecule has 16 heavy (non-hydrogen) atoms. The Bertz CT molecular complexity index is 630. The van der Waals surface area contributed by atoms with E-state index in [0.717, 1.165) is 16.7 Å². The van der Waals surface area contributed by atoms with Crippen LogP contribution in [-0.4, -0.2) is 19.9 Å². The van der Waals surface area contributed by atoms with Crippen molar-refractivity contribution in [2.45, 2.75) is 0 Å². The van der Waals surface area contributed by atoms with Crippen LogP contribution in [0.25, 0.3) is 22.6 Å². The highest BCUT2D eigenvalue weighted by atomic mass is 14.9. The summed E-state index contributed by atoms with van der Waals surface area (Å²) in [5.41, 5.74) is 8.68. The number of hydrogen-bond donors (Lipinski definition) is 2. The summed E-state index contributed by atoms with van der Waals surface area (Å²) in [5.74, 6) is 0.714. The molecule has 0 atom stereocenters. The minimum absolute atomic E-state index is 0.688. The molecule has 0 aliphatic carbocycles. The first-order chi connectivity index (χ1) is 7.83. The fourth-order valence-electron chi connectivity index (χ4n) is 1.55. The van der Waals surface area contributed by atoms with E-state index in [9.17, 15) is 0 Å². The number of anilines is 1. The van der Waals surface area contributed by atoms with Crippen LogP contribution < -0.4 is 5.73 Å². The van der Waals surface area contributed by atoms with Gasteiger partial charge in [-0.3, -0.25) is 4.98 Å². The molecule has 0 bridgehead atoms. The second kappa shape index (κ2) is 3.30. The van der Waals surface area contributed by atoms with Crippen LogP contribution in [0.4, 0.5) is 5.69 Å². The lowest BCUT2D eigenvalue weighted by Crippen LogP contribution is -1.91. The van der Waals surface area contributed by atoms with Gasteiger partial charge < -0.3 is 10.7 Å². The van der Waals surface area contributed by atoms with E-state index in [1.807, 2.05) is 12.1 Å². The summed E-state index contributed by atoms with van der Waals surface area (Å²) >= 11 is 0. The van der Waals surface area contributed by atoms with Crippen LogP contribution in [0, 0.1) is 0 Å². The molecule has 0 aliphatic rings. The summed E-state index contributed by atoms with van der Waals surface area (Å²) in [6, 6.07) is 5.46. The van der Waals surface area contributed by atoms with E-state index in [0.29, 0.717) is 11.5 Å². The van der Waals surface area contributed by atoms with Gasteiger partial charge in [-0.15, -0.1) is 0 Å². The third-order valence-electron chi connectivity index (χ3n) is 2.31. The van der Waals surface area contributed by atoms with Crippen LogP contribution in [0.1, 0.15) is 0 Å². The van der Waals surface area contributed by atoms with Crippen molar-refractivity contribution in [2.24, 2.45) is 0 Å². The largest absolute Gasteiger partial charge is 0.399 e. The highest BCUT2D eigenvalue weighted by Gasteiger charge is 2.04. The number of H-pyrrole nitrogens is 1. The molecule has 5 heteroatoms. The van der Waals surface area contributed by atoms with Crippen LogP contribution in [0.15, 0.2) is 36.8 Å². The molecule has 5 nitrogen and oxygen atoms in total. The van der Waals surface area contributed by atoms with Gasteiger partial charge in [0.15, 0.2) is 5.82 Å². The Morgan fingerprint density at radius 2 is 2.06 bits per heavy atom. The lowest BCUT2D eigenvalue weighted by molar-refractivity contribution is 1.21. The van der Waals surface area contributed by atoms with Gasteiger partial charge in [-0.25, -0.2) is 9.97 Å². The van der Waals surface area contributed by atoms with Crippen LogP contribution in [0.5, 0.6) is 0 Å². The van der Waals surface area contributed by atoms with Crippen molar-refractivity contribution in [3.8, 4) is 11.5 Å². The predicted molar refractivity (Wildman–Crippen MR) is 61.5 cm³/mol. The lowest BCUT2D eigenvalue weighted by Gasteiger charge is -2.00. The van der Waals surface area contributed by atoms with Crippen LogP contribution in [0.3, 0.4) is 0 Å². The smallest absolute Gasteiger partial charge is 0.157 e. The molecular weight excluding hydrogens is 202 g/mol. The second-order valence-corrected chi connectivity index (χ2v) is 3.44. The second-order valence-electron chi connectivity index (χ2n) is 3.44. The first-order valence-electron chi connectivity index (χ1n) is 4.85. The van der Waals surface area contributed by atoms with Gasteiger partial charge in [0, 0.05) is 18.1 Å². The molecule has 1 aromatic carbocycles. The number of fused-ring (bicyclic) bond motifs is 1. The number of rotatable bonds is 1. The highest BCUT2D eigenvalue weighted by Crippen LogP contribution is 2.17. The fraction of sp³-hybridized carbons (Fsp3) is 0. The molecule has 0 unspecified atom stereocenters. The minimum Gasteiger partial charge on any atom is -0.399 e. The first-order valence-corrected chi connectivity index (χ1v) is 4.85. The Balaban J connectivity index is 2.20. The van der Waals surface area contributed by atoms with Crippen molar-refractivity contribution in [1.29, 1.82) is 0 Å². The summed E-state index contributed by atoms with van der Waals surface area (Å²) in [4.78, 5) is 15.9. The van der Waals surface area contributed by atoms with Gasteiger partial charge in [0.2, 0.25) is 0 Å². The van der Waals surface area contributed by atoms with E-state index >= 15 is 0 Å². The molecule has 0 radical (unpaired) electrons. The molecule has 2 aromatic heterocycles. The Morgan fingerprint density at radius 1 is 1.12 bits per heavy atom. The average molecular weight is 211 g/mol. The van der Waals surface area contributed by atoms with Gasteiger partial charge in [-0.2, -0.15) is 0 Å². The van der Waals surface area contributed by atoms with Crippen molar-refractivity contribution in [2.75, 3.05) is 5.73 Å². The van der Waals surface area contributed by atoms with Gasteiger partial charge in [-0.1, -0.05) is 0 Å². The Labute approximate surface area is 91.4 Å². The molecule has 3 aromatic rings. The van der Waals surface area contributed by atoms with E-state index in [-0.39, 0.29) is 0 Å². The van der Waals surface area contributed by atoms with Gasteiger partial charge in [0.25, 0.3) is 0 Å². The topological polar surface area (TPSA) is 80.5 Å². The fourth-order valence-corrected chi connectivity index (χ4v) is 1.55. The molecule has 78 valence electrons. The number of benzene rings is 1. The number of hydrogen-bond acceptors (Lipinski definition) is 4. The zero-order valence-electron chi connectivity index (χ0n) is 8.38. The maximum absolute atomic E-state index is 5.67. The maximum Gasteiger partial charge on any atom is 0.157 e. The van der Waals surface area contributed by atoms with E-state index < -0.39 is 0 Å². The van der Waals surface area contributed by atoms with E-state index in [2.05, 4.69) is 19.9 Å². The Kier molecular flexibility index (Phi) is 1.83. The number of aromatic nitrogens is 4. The molecule has 0 spiro atoms. The van der Waals surface area contributed by atoms with E-state index in [1.54, 1.807) is 24.7 Å². The third kappa shape index (κ3) is 1.38. The maximum atomic E-state index is 5.67. The summed E-state index contributed by atoms with van der Waals surface area (Å²) in [6.07, 6.45) is 5.12. The molecule has 3 N–H and O–H groups in total. The summed E-state index contributed by atoms with van der Waals surface area (Å²) in [7, 11) is 0. The van der Waals surface area contributed by atoms with Crippen LogP contribution >= 0.6 is 0 Å². The SMILES string of the molecule is Nc1ccc2nc(-c3ncc[nH]3)cnc2c1. The highest BCUT2D eigenvalue weighted by molar-refractivity contribution is 5.79. The monoisotopic (exact) mass is 211 g/mol. The van der Waals surface area contributed by atoms with Crippen molar-refractivity contribution < 1.29 is 0 Å². The summed E-state index contributed by atoms with van der Waals surface area (Å²) in [6.45, 7) is 0. The summed E-state index contributed by atoms with van der Waals surface area (Å²) < 4.78 is 0. The molecule has 0 aliphatic heterocycles. The quantitative estimate of drug-likeness (QED) is 0.599. The van der Waals surface area contributed by atoms with E-state index in [4.69, 9.17) is 5.73 Å². The Morgan fingerprint density at radius 3 is 2.88 bits per heavy atom. The number of aromatic amines is 1. The van der Waals surface area contributed by atoms with Gasteiger partial charge in [0.05, 0.1) is 17.2 Å².